The van der Waals surface area contributed by atoms with Crippen LogP contribution in [-0.4, -0.2) is 48.9 Å². The number of nitrogens with zero attached hydrogens (tertiary/aromatic N) is 2. The van der Waals surface area contributed by atoms with Gasteiger partial charge in [-0.15, -0.1) is 11.3 Å². The highest BCUT2D eigenvalue weighted by Crippen LogP contribution is 2.34. The van der Waals surface area contributed by atoms with Crippen LogP contribution in [0.5, 0.6) is 5.75 Å². The van der Waals surface area contributed by atoms with Crippen molar-refractivity contribution in [1.82, 2.24) is 9.21 Å². The number of benzene rings is 2. The van der Waals surface area contributed by atoms with Gasteiger partial charge in [0.15, 0.2) is 0 Å². The van der Waals surface area contributed by atoms with Crippen molar-refractivity contribution in [2.24, 2.45) is 0 Å². The highest BCUT2D eigenvalue weighted by Gasteiger charge is 2.29. The van der Waals surface area contributed by atoms with Crippen LogP contribution in [0.3, 0.4) is 0 Å². The number of para-hydroxylation sites is 1. The van der Waals surface area contributed by atoms with Crippen molar-refractivity contribution in [1.29, 1.82) is 0 Å². The maximum atomic E-state index is 12.7. The maximum Gasteiger partial charge on any atom is 0.252 e. The zero-order chi connectivity index (χ0) is 20.0. The monoisotopic (exact) mass is 428 g/mol. The van der Waals surface area contributed by atoms with Crippen LogP contribution in [0, 0.1) is 0 Å². The summed E-state index contributed by atoms with van der Waals surface area (Å²) in [4.78, 5) is 2.16. The molecule has 2 aromatic heterocycles. The van der Waals surface area contributed by atoms with Gasteiger partial charge in [-0.2, -0.15) is 4.31 Å². The number of furan rings is 1. The third-order valence-corrected chi connectivity index (χ3v) is 8.66. The number of phenols is 1. The van der Waals surface area contributed by atoms with Gasteiger partial charge in [0.2, 0.25) is 0 Å². The number of aromatic hydroxyl groups is 1. The molecule has 1 N–H and O–H groups in total. The zero-order valence-electron chi connectivity index (χ0n) is 15.6. The Hall–Kier alpha value is -2.39. The van der Waals surface area contributed by atoms with Gasteiger partial charge in [0.05, 0.1) is 0 Å². The fraction of sp³-hybridized carbons (Fsp3) is 0.238. The van der Waals surface area contributed by atoms with Gasteiger partial charge in [-0.25, -0.2) is 8.42 Å². The molecule has 4 aromatic rings. The molecule has 0 spiro atoms. The summed E-state index contributed by atoms with van der Waals surface area (Å²) in [5.41, 5.74) is 2.33. The first kappa shape index (κ1) is 18.6. The summed E-state index contributed by atoms with van der Waals surface area (Å²) in [7, 11) is -3.41. The second-order valence-corrected chi connectivity index (χ2v) is 10.3. The van der Waals surface area contributed by atoms with E-state index >= 15 is 0 Å². The number of fused-ring (bicyclic) bond motifs is 3. The Labute approximate surface area is 172 Å². The van der Waals surface area contributed by atoms with E-state index in [1.54, 1.807) is 23.6 Å². The predicted octanol–water partition coefficient (Wildman–Crippen LogP) is 3.86. The largest absolute Gasteiger partial charge is 0.508 e. The van der Waals surface area contributed by atoms with Crippen LogP contribution in [0.15, 0.2) is 62.5 Å². The molecular formula is C21H20N2O4S2. The topological polar surface area (TPSA) is 74.0 Å². The highest BCUT2D eigenvalue weighted by atomic mass is 32.2. The Morgan fingerprint density at radius 3 is 2.52 bits per heavy atom. The van der Waals surface area contributed by atoms with E-state index in [1.807, 2.05) is 30.3 Å². The van der Waals surface area contributed by atoms with E-state index in [1.165, 1.54) is 15.6 Å². The lowest BCUT2D eigenvalue weighted by molar-refractivity contribution is 0.180. The summed E-state index contributed by atoms with van der Waals surface area (Å²) in [5, 5.41) is 14.2. The molecule has 1 fully saturated rings. The molecule has 0 radical (unpaired) electrons. The standard InChI is InChI=1S/C21H20N2O4S2/c24-18-13-17-16-4-1-2-5-19(16)27-20(17)12-15(18)14-22-7-9-23(10-8-22)29(25,26)21-6-3-11-28-21/h1-6,11-13,24H,7-10,14H2. The fourth-order valence-corrected chi connectivity index (χ4v) is 6.40. The molecule has 5 rings (SSSR count). The molecule has 0 aliphatic carbocycles. The average molecular weight is 429 g/mol. The molecular weight excluding hydrogens is 408 g/mol. The van der Waals surface area contributed by atoms with Crippen molar-refractivity contribution in [3.8, 4) is 5.75 Å². The Balaban J connectivity index is 1.33. The molecule has 0 atom stereocenters. The Bertz CT molecular complexity index is 1270. The second kappa shape index (κ2) is 7.14. The van der Waals surface area contributed by atoms with Gasteiger partial charge in [-0.05, 0) is 29.6 Å². The van der Waals surface area contributed by atoms with Crippen molar-refractivity contribution < 1.29 is 17.9 Å². The smallest absolute Gasteiger partial charge is 0.252 e. The van der Waals surface area contributed by atoms with E-state index in [4.69, 9.17) is 4.42 Å². The van der Waals surface area contributed by atoms with Gasteiger partial charge in [0, 0.05) is 49.1 Å². The van der Waals surface area contributed by atoms with Crippen molar-refractivity contribution in [2.45, 2.75) is 10.8 Å². The lowest BCUT2D eigenvalue weighted by Crippen LogP contribution is -2.48. The molecule has 1 aliphatic rings. The summed E-state index contributed by atoms with van der Waals surface area (Å²) in [6, 6.07) is 14.8. The van der Waals surface area contributed by atoms with E-state index in [-0.39, 0.29) is 5.75 Å². The number of sulfonamides is 1. The normalized spacial score (nSPS) is 16.7. The van der Waals surface area contributed by atoms with Gasteiger partial charge < -0.3 is 9.52 Å². The maximum absolute atomic E-state index is 12.7. The molecule has 0 saturated carbocycles. The zero-order valence-corrected chi connectivity index (χ0v) is 17.2. The number of thiophene rings is 1. The van der Waals surface area contributed by atoms with E-state index in [2.05, 4.69) is 4.90 Å². The molecule has 150 valence electrons. The molecule has 1 saturated heterocycles. The SMILES string of the molecule is O=S(=O)(c1cccs1)N1CCN(Cc2cc3oc4ccccc4c3cc2O)CC1. The molecule has 1 aliphatic heterocycles. The number of hydrogen-bond donors (Lipinski definition) is 1. The first-order chi connectivity index (χ1) is 14.0. The van der Waals surface area contributed by atoms with E-state index in [0.717, 1.165) is 27.5 Å². The van der Waals surface area contributed by atoms with Crippen molar-refractivity contribution in [3.63, 3.8) is 0 Å². The molecule has 2 aromatic carbocycles. The van der Waals surface area contributed by atoms with E-state index in [0.29, 0.717) is 36.9 Å². The summed E-state index contributed by atoms with van der Waals surface area (Å²) in [5.74, 6) is 0.234. The minimum atomic E-state index is -3.41. The third kappa shape index (κ3) is 3.32. The minimum Gasteiger partial charge on any atom is -0.508 e. The molecule has 29 heavy (non-hydrogen) atoms. The number of phenolic OH excluding ortho intramolecular Hbond substituents is 1. The van der Waals surface area contributed by atoms with Crippen LogP contribution in [0.1, 0.15) is 5.56 Å². The van der Waals surface area contributed by atoms with Crippen LogP contribution < -0.4 is 0 Å². The van der Waals surface area contributed by atoms with Crippen LogP contribution in [0.4, 0.5) is 0 Å². The lowest BCUT2D eigenvalue weighted by Gasteiger charge is -2.33. The Kier molecular flexibility index (Phi) is 4.59. The first-order valence-electron chi connectivity index (χ1n) is 9.41. The summed E-state index contributed by atoms with van der Waals surface area (Å²) < 4.78 is 33.2. The lowest BCUT2D eigenvalue weighted by atomic mass is 10.1. The van der Waals surface area contributed by atoms with Gasteiger partial charge in [0.1, 0.15) is 21.1 Å². The quantitative estimate of drug-likeness (QED) is 0.534. The third-order valence-electron chi connectivity index (χ3n) is 5.39. The molecule has 0 unspecified atom stereocenters. The van der Waals surface area contributed by atoms with Crippen molar-refractivity contribution in [2.75, 3.05) is 26.2 Å². The van der Waals surface area contributed by atoms with Gasteiger partial charge >= 0.3 is 0 Å². The molecule has 0 bridgehead atoms. The number of rotatable bonds is 4. The minimum absolute atomic E-state index is 0.234. The summed E-state index contributed by atoms with van der Waals surface area (Å²) in [6.07, 6.45) is 0. The van der Waals surface area contributed by atoms with Crippen LogP contribution in [0.2, 0.25) is 0 Å². The molecule has 6 nitrogen and oxygen atoms in total. The first-order valence-corrected chi connectivity index (χ1v) is 11.7. The van der Waals surface area contributed by atoms with Gasteiger partial charge in [0.25, 0.3) is 10.0 Å². The number of piperazine rings is 1. The predicted molar refractivity (Wildman–Crippen MR) is 114 cm³/mol. The van der Waals surface area contributed by atoms with Crippen LogP contribution in [-0.2, 0) is 16.6 Å². The van der Waals surface area contributed by atoms with Crippen LogP contribution >= 0.6 is 11.3 Å². The van der Waals surface area contributed by atoms with E-state index in [9.17, 15) is 13.5 Å². The van der Waals surface area contributed by atoms with Gasteiger partial charge in [-0.1, -0.05) is 24.3 Å². The Morgan fingerprint density at radius 1 is 0.966 bits per heavy atom. The Morgan fingerprint density at radius 2 is 1.76 bits per heavy atom. The summed E-state index contributed by atoms with van der Waals surface area (Å²) in [6.45, 7) is 2.65. The number of hydrogen-bond acceptors (Lipinski definition) is 6. The highest BCUT2D eigenvalue weighted by molar-refractivity contribution is 7.91. The van der Waals surface area contributed by atoms with Crippen LogP contribution in [0.25, 0.3) is 21.9 Å². The average Bonchev–Trinajstić information content (AvgIpc) is 3.37. The summed E-state index contributed by atoms with van der Waals surface area (Å²) >= 11 is 1.24. The second-order valence-electron chi connectivity index (χ2n) is 7.19. The van der Waals surface area contributed by atoms with Crippen molar-refractivity contribution in [3.05, 3.63) is 59.5 Å². The molecule has 3 heterocycles. The van der Waals surface area contributed by atoms with Gasteiger partial charge in [-0.3, -0.25) is 4.90 Å². The van der Waals surface area contributed by atoms with E-state index < -0.39 is 10.0 Å². The molecule has 8 heteroatoms. The fourth-order valence-electron chi connectivity index (χ4n) is 3.84. The van der Waals surface area contributed by atoms with Crippen molar-refractivity contribution >= 4 is 43.3 Å². The molecule has 0 amide bonds.